The van der Waals surface area contributed by atoms with Crippen LogP contribution in [0.4, 0.5) is 5.69 Å². The molecule has 0 saturated heterocycles. The molecular formula is C18H14N4O4. The lowest BCUT2D eigenvalue weighted by molar-refractivity contribution is -0.118. The summed E-state index contributed by atoms with van der Waals surface area (Å²) < 4.78 is 5.29. The first-order chi connectivity index (χ1) is 12.6. The van der Waals surface area contributed by atoms with Crippen LogP contribution in [-0.4, -0.2) is 28.4 Å². The van der Waals surface area contributed by atoms with Gasteiger partial charge in [-0.1, -0.05) is 18.2 Å². The minimum Gasteiger partial charge on any atom is -0.482 e. The second-order valence-corrected chi connectivity index (χ2v) is 5.78. The van der Waals surface area contributed by atoms with Gasteiger partial charge in [0.15, 0.2) is 12.3 Å². The number of anilines is 1. The van der Waals surface area contributed by atoms with E-state index in [0.29, 0.717) is 22.5 Å². The van der Waals surface area contributed by atoms with Crippen molar-refractivity contribution in [3.8, 4) is 5.75 Å². The lowest BCUT2D eigenvalue weighted by Crippen LogP contribution is -2.31. The van der Waals surface area contributed by atoms with Gasteiger partial charge in [0, 0.05) is 6.54 Å². The number of aromatic nitrogens is 2. The minimum absolute atomic E-state index is 0.0144. The molecule has 0 unspecified atom stereocenters. The van der Waals surface area contributed by atoms with E-state index >= 15 is 0 Å². The van der Waals surface area contributed by atoms with Crippen LogP contribution in [0.25, 0.3) is 11.0 Å². The molecule has 2 aromatic carbocycles. The lowest BCUT2D eigenvalue weighted by atomic mass is 10.1. The van der Waals surface area contributed by atoms with E-state index in [1.54, 1.807) is 42.5 Å². The molecule has 0 bridgehead atoms. The smallest absolute Gasteiger partial charge is 0.280 e. The number of ether oxygens (including phenoxy) is 1. The number of fused-ring (bicyclic) bond motifs is 2. The Labute approximate surface area is 147 Å². The summed E-state index contributed by atoms with van der Waals surface area (Å²) in [6.07, 6.45) is 0. The van der Waals surface area contributed by atoms with Crippen molar-refractivity contribution < 1.29 is 14.3 Å². The first-order valence-electron chi connectivity index (χ1n) is 7.93. The second-order valence-electron chi connectivity index (χ2n) is 5.78. The van der Waals surface area contributed by atoms with Crippen LogP contribution in [0.1, 0.15) is 16.1 Å². The summed E-state index contributed by atoms with van der Waals surface area (Å²) in [5.74, 6) is -0.229. The molecule has 4 rings (SSSR count). The average Bonchev–Trinajstić information content (AvgIpc) is 2.65. The van der Waals surface area contributed by atoms with Crippen molar-refractivity contribution in [3.63, 3.8) is 0 Å². The van der Waals surface area contributed by atoms with Crippen LogP contribution in [0, 0.1) is 0 Å². The van der Waals surface area contributed by atoms with Gasteiger partial charge in [0.05, 0.1) is 16.7 Å². The summed E-state index contributed by atoms with van der Waals surface area (Å²) in [4.78, 5) is 42.6. The van der Waals surface area contributed by atoms with Crippen molar-refractivity contribution in [2.45, 2.75) is 6.54 Å². The van der Waals surface area contributed by atoms with Gasteiger partial charge in [-0.3, -0.25) is 14.4 Å². The number of hydrogen-bond acceptors (Lipinski definition) is 5. The molecule has 1 aliphatic rings. The number of carbonyl (C=O) groups excluding carboxylic acids is 2. The Morgan fingerprint density at radius 2 is 2.04 bits per heavy atom. The number of H-pyrrole nitrogens is 1. The number of nitrogens with zero attached hydrogens (tertiary/aromatic N) is 1. The molecule has 8 heteroatoms. The molecule has 1 aromatic heterocycles. The predicted molar refractivity (Wildman–Crippen MR) is 94.1 cm³/mol. The van der Waals surface area contributed by atoms with E-state index in [4.69, 9.17) is 4.74 Å². The SMILES string of the molecule is O=C1COc2ccc(CNC(=O)c3nc4ccccc4[nH]c3=O)cc2N1. The Balaban J connectivity index is 1.52. The van der Waals surface area contributed by atoms with Crippen molar-refractivity contribution in [2.24, 2.45) is 0 Å². The highest BCUT2D eigenvalue weighted by Crippen LogP contribution is 2.28. The van der Waals surface area contributed by atoms with Gasteiger partial charge in [-0.05, 0) is 29.8 Å². The fourth-order valence-electron chi connectivity index (χ4n) is 2.69. The summed E-state index contributed by atoms with van der Waals surface area (Å²) >= 11 is 0. The third-order valence-electron chi connectivity index (χ3n) is 3.94. The Morgan fingerprint density at radius 1 is 1.19 bits per heavy atom. The number of aromatic amines is 1. The zero-order valence-electron chi connectivity index (χ0n) is 13.5. The van der Waals surface area contributed by atoms with Crippen LogP contribution in [0.15, 0.2) is 47.3 Å². The van der Waals surface area contributed by atoms with E-state index in [1.807, 2.05) is 0 Å². The van der Waals surface area contributed by atoms with E-state index in [0.717, 1.165) is 5.56 Å². The van der Waals surface area contributed by atoms with E-state index < -0.39 is 11.5 Å². The third kappa shape index (κ3) is 3.00. The molecule has 26 heavy (non-hydrogen) atoms. The van der Waals surface area contributed by atoms with Gasteiger partial charge >= 0.3 is 0 Å². The Kier molecular flexibility index (Phi) is 3.85. The maximum atomic E-state index is 12.3. The molecule has 3 N–H and O–H groups in total. The van der Waals surface area contributed by atoms with Gasteiger partial charge in [-0.2, -0.15) is 0 Å². The first-order valence-corrected chi connectivity index (χ1v) is 7.93. The van der Waals surface area contributed by atoms with Crippen molar-refractivity contribution in [3.05, 3.63) is 64.1 Å². The molecular weight excluding hydrogens is 336 g/mol. The van der Waals surface area contributed by atoms with Crippen molar-refractivity contribution in [1.82, 2.24) is 15.3 Å². The van der Waals surface area contributed by atoms with Crippen LogP contribution in [-0.2, 0) is 11.3 Å². The van der Waals surface area contributed by atoms with Gasteiger partial charge in [-0.25, -0.2) is 4.98 Å². The largest absolute Gasteiger partial charge is 0.482 e. The van der Waals surface area contributed by atoms with E-state index in [1.165, 1.54) is 0 Å². The maximum Gasteiger partial charge on any atom is 0.280 e. The highest BCUT2D eigenvalue weighted by Gasteiger charge is 2.17. The fourth-order valence-corrected chi connectivity index (χ4v) is 2.69. The highest BCUT2D eigenvalue weighted by atomic mass is 16.5. The second kappa shape index (κ2) is 6.32. The Bertz CT molecular complexity index is 1090. The lowest BCUT2D eigenvalue weighted by Gasteiger charge is -2.18. The first kappa shape index (κ1) is 15.8. The van der Waals surface area contributed by atoms with Gasteiger partial charge in [0.25, 0.3) is 17.4 Å². The number of para-hydroxylation sites is 2. The summed E-state index contributed by atoms with van der Waals surface area (Å²) in [6.45, 7) is 0.162. The number of carbonyl (C=O) groups is 2. The quantitative estimate of drug-likeness (QED) is 0.656. The normalized spacial score (nSPS) is 12.8. The number of benzene rings is 2. The average molecular weight is 350 g/mol. The zero-order valence-corrected chi connectivity index (χ0v) is 13.5. The molecule has 0 radical (unpaired) electrons. The molecule has 3 aromatic rings. The summed E-state index contributed by atoms with van der Waals surface area (Å²) in [5.41, 5.74) is 1.66. The molecule has 1 aliphatic heterocycles. The van der Waals surface area contributed by atoms with Gasteiger partial charge in [0.2, 0.25) is 0 Å². The van der Waals surface area contributed by atoms with Crippen molar-refractivity contribution in [1.29, 1.82) is 0 Å². The molecule has 2 amide bonds. The Hall–Kier alpha value is -3.68. The van der Waals surface area contributed by atoms with Crippen LogP contribution in [0.2, 0.25) is 0 Å². The van der Waals surface area contributed by atoms with Crippen LogP contribution >= 0.6 is 0 Å². The standard InChI is InChI=1S/C18H14N4O4/c23-15-9-26-14-6-5-10(7-13(14)20-15)8-19-17(24)16-18(25)22-12-4-2-1-3-11(12)21-16/h1-7H,8-9H2,(H,19,24)(H,20,23)(H,22,25). The van der Waals surface area contributed by atoms with Gasteiger partial charge in [-0.15, -0.1) is 0 Å². The van der Waals surface area contributed by atoms with Crippen molar-refractivity contribution >= 4 is 28.5 Å². The number of hydrogen-bond donors (Lipinski definition) is 3. The fraction of sp³-hybridized carbons (Fsp3) is 0.111. The highest BCUT2D eigenvalue weighted by molar-refractivity contribution is 5.95. The van der Waals surface area contributed by atoms with Gasteiger partial charge in [0.1, 0.15) is 5.75 Å². The molecule has 130 valence electrons. The minimum atomic E-state index is -0.574. The zero-order chi connectivity index (χ0) is 18.1. The van der Waals surface area contributed by atoms with Crippen LogP contribution in [0.5, 0.6) is 5.75 Å². The molecule has 2 heterocycles. The topological polar surface area (TPSA) is 113 Å². The van der Waals surface area contributed by atoms with Crippen LogP contribution < -0.4 is 20.9 Å². The molecule has 0 atom stereocenters. The molecule has 8 nitrogen and oxygen atoms in total. The maximum absolute atomic E-state index is 12.3. The van der Waals surface area contributed by atoms with E-state index in [-0.39, 0.29) is 24.8 Å². The van der Waals surface area contributed by atoms with Crippen LogP contribution in [0.3, 0.4) is 0 Å². The van der Waals surface area contributed by atoms with E-state index in [9.17, 15) is 14.4 Å². The van der Waals surface area contributed by atoms with Gasteiger partial charge < -0.3 is 20.4 Å². The summed E-state index contributed by atoms with van der Waals surface area (Å²) in [5, 5.41) is 5.37. The van der Waals surface area contributed by atoms with Crippen molar-refractivity contribution in [2.75, 3.05) is 11.9 Å². The summed E-state index contributed by atoms with van der Waals surface area (Å²) in [6, 6.07) is 12.2. The predicted octanol–water partition coefficient (Wildman–Crippen LogP) is 1.18. The summed E-state index contributed by atoms with van der Waals surface area (Å²) in [7, 11) is 0. The molecule has 0 spiro atoms. The number of amides is 2. The molecule has 0 saturated carbocycles. The number of nitrogens with one attached hydrogen (secondary N) is 3. The molecule has 0 fully saturated rings. The Morgan fingerprint density at radius 3 is 2.92 bits per heavy atom. The molecule has 0 aliphatic carbocycles. The van der Waals surface area contributed by atoms with E-state index in [2.05, 4.69) is 20.6 Å². The number of rotatable bonds is 3. The monoisotopic (exact) mass is 350 g/mol. The third-order valence-corrected chi connectivity index (χ3v) is 3.94.